The highest BCUT2D eigenvalue weighted by atomic mass is 19.1. The van der Waals surface area contributed by atoms with E-state index in [1.54, 1.807) is 0 Å². The van der Waals surface area contributed by atoms with Crippen LogP contribution in [-0.2, 0) is 12.8 Å². The molecule has 124 valence electrons. The molecule has 0 radical (unpaired) electrons. The van der Waals surface area contributed by atoms with Crippen molar-refractivity contribution < 1.29 is 8.81 Å². The van der Waals surface area contributed by atoms with Gasteiger partial charge < -0.3 is 15.1 Å². The molecule has 3 aromatic rings. The van der Waals surface area contributed by atoms with Crippen LogP contribution in [0.4, 0.5) is 4.39 Å². The fraction of sp³-hybridized carbons (Fsp3) is 0.300. The van der Waals surface area contributed by atoms with Gasteiger partial charge in [0.05, 0.1) is 0 Å². The van der Waals surface area contributed by atoms with E-state index in [4.69, 9.17) is 4.42 Å². The van der Waals surface area contributed by atoms with Crippen LogP contribution in [0, 0.1) is 5.82 Å². The van der Waals surface area contributed by atoms with Crippen molar-refractivity contribution in [2.75, 3.05) is 19.6 Å². The molecule has 2 N–H and O–H groups in total. The Balaban J connectivity index is 1.67. The third kappa shape index (κ3) is 3.21. The minimum absolute atomic E-state index is 0.207. The summed E-state index contributed by atoms with van der Waals surface area (Å²) in [4.78, 5) is 0. The number of halogens is 1. The van der Waals surface area contributed by atoms with Crippen LogP contribution in [0.15, 0.2) is 52.9 Å². The summed E-state index contributed by atoms with van der Waals surface area (Å²) in [6, 6.07) is 15.3. The summed E-state index contributed by atoms with van der Waals surface area (Å²) in [5.74, 6) is 0.774. The Morgan fingerprint density at radius 3 is 2.67 bits per heavy atom. The van der Waals surface area contributed by atoms with Crippen LogP contribution in [0.3, 0.4) is 0 Å². The van der Waals surface area contributed by atoms with Crippen molar-refractivity contribution in [2.45, 2.75) is 18.9 Å². The molecule has 4 rings (SSSR count). The van der Waals surface area contributed by atoms with E-state index in [1.807, 2.05) is 24.3 Å². The largest absolute Gasteiger partial charge is 0.460 e. The number of nitrogens with one attached hydrogen (secondary N) is 2. The fourth-order valence-electron chi connectivity index (χ4n) is 3.41. The lowest BCUT2D eigenvalue weighted by molar-refractivity contribution is 0.414. The van der Waals surface area contributed by atoms with Crippen LogP contribution in [0.25, 0.3) is 11.0 Å². The number of fused-ring (bicyclic) bond motifs is 1. The lowest BCUT2D eigenvalue weighted by Gasteiger charge is -2.24. The quantitative estimate of drug-likeness (QED) is 0.773. The van der Waals surface area contributed by atoms with Gasteiger partial charge in [0.15, 0.2) is 0 Å². The molecule has 0 bridgehead atoms. The highest BCUT2D eigenvalue weighted by Gasteiger charge is 2.20. The van der Waals surface area contributed by atoms with Crippen LogP contribution >= 0.6 is 0 Å². The summed E-state index contributed by atoms with van der Waals surface area (Å²) in [6.07, 6.45) is 1.62. The van der Waals surface area contributed by atoms with E-state index in [-0.39, 0.29) is 5.82 Å². The second-order valence-corrected chi connectivity index (χ2v) is 6.36. The number of piperazine rings is 1. The van der Waals surface area contributed by atoms with Crippen molar-refractivity contribution in [3.63, 3.8) is 0 Å². The first kappa shape index (κ1) is 15.4. The zero-order valence-corrected chi connectivity index (χ0v) is 13.5. The smallest absolute Gasteiger partial charge is 0.134 e. The van der Waals surface area contributed by atoms with Gasteiger partial charge in [0, 0.05) is 43.0 Å². The van der Waals surface area contributed by atoms with E-state index >= 15 is 0 Å². The molecule has 1 aliphatic heterocycles. The van der Waals surface area contributed by atoms with Gasteiger partial charge in [0.25, 0.3) is 0 Å². The Bertz CT molecular complexity index is 819. The predicted molar refractivity (Wildman–Crippen MR) is 93.8 cm³/mol. The lowest BCUT2D eigenvalue weighted by atomic mass is 9.98. The summed E-state index contributed by atoms with van der Waals surface area (Å²) < 4.78 is 19.3. The third-order valence-electron chi connectivity index (χ3n) is 4.64. The van der Waals surface area contributed by atoms with Crippen LogP contribution < -0.4 is 10.6 Å². The summed E-state index contributed by atoms with van der Waals surface area (Å²) in [7, 11) is 0. The second-order valence-electron chi connectivity index (χ2n) is 6.36. The molecular formula is C20H21FN2O. The first-order chi connectivity index (χ1) is 11.8. The summed E-state index contributed by atoms with van der Waals surface area (Å²) in [6.45, 7) is 2.98. The molecule has 1 unspecified atom stereocenters. The van der Waals surface area contributed by atoms with Gasteiger partial charge in [-0.15, -0.1) is 0 Å². The van der Waals surface area contributed by atoms with E-state index in [2.05, 4.69) is 22.8 Å². The Hall–Kier alpha value is -2.17. The molecule has 2 aromatic carbocycles. The topological polar surface area (TPSA) is 37.2 Å². The van der Waals surface area contributed by atoms with Gasteiger partial charge in [-0.2, -0.15) is 0 Å². The molecule has 1 fully saturated rings. The Labute approximate surface area is 140 Å². The van der Waals surface area contributed by atoms with Crippen molar-refractivity contribution in [2.24, 2.45) is 0 Å². The van der Waals surface area contributed by atoms with Crippen LogP contribution in [0.5, 0.6) is 0 Å². The Morgan fingerprint density at radius 2 is 1.88 bits per heavy atom. The van der Waals surface area contributed by atoms with E-state index in [1.165, 1.54) is 23.1 Å². The number of hydrogen-bond acceptors (Lipinski definition) is 3. The number of para-hydroxylation sites is 1. The highest BCUT2D eigenvalue weighted by Crippen LogP contribution is 2.29. The zero-order valence-electron chi connectivity index (χ0n) is 13.5. The maximum atomic E-state index is 13.1. The molecule has 2 heterocycles. The minimum Gasteiger partial charge on any atom is -0.460 e. The zero-order chi connectivity index (χ0) is 16.4. The average Bonchev–Trinajstić information content (AvgIpc) is 2.95. The van der Waals surface area contributed by atoms with Gasteiger partial charge in [-0.05, 0) is 30.2 Å². The van der Waals surface area contributed by atoms with Crippen LogP contribution in [0.2, 0.25) is 0 Å². The second kappa shape index (κ2) is 6.75. The van der Waals surface area contributed by atoms with Crippen LogP contribution in [-0.4, -0.2) is 25.7 Å². The van der Waals surface area contributed by atoms with E-state index in [0.717, 1.165) is 43.0 Å². The van der Waals surface area contributed by atoms with Gasteiger partial charge in [-0.1, -0.05) is 30.3 Å². The predicted octanol–water partition coefficient (Wildman–Crippen LogP) is 3.27. The lowest BCUT2D eigenvalue weighted by Crippen LogP contribution is -2.49. The SMILES string of the molecule is Fc1ccc(Cc2oc3ccccc3c2CC2CNCCN2)cc1. The van der Waals surface area contributed by atoms with Gasteiger partial charge in [0.1, 0.15) is 17.2 Å². The molecule has 1 saturated heterocycles. The minimum atomic E-state index is -0.207. The molecule has 4 heteroatoms. The molecule has 0 spiro atoms. The fourth-order valence-corrected chi connectivity index (χ4v) is 3.41. The first-order valence-electron chi connectivity index (χ1n) is 8.47. The Morgan fingerprint density at radius 1 is 1.04 bits per heavy atom. The third-order valence-corrected chi connectivity index (χ3v) is 4.64. The molecule has 1 aliphatic rings. The van der Waals surface area contributed by atoms with Crippen molar-refractivity contribution in [1.82, 2.24) is 10.6 Å². The molecule has 0 saturated carbocycles. The summed E-state index contributed by atoms with van der Waals surface area (Å²) >= 11 is 0. The van der Waals surface area contributed by atoms with Gasteiger partial charge in [0.2, 0.25) is 0 Å². The molecule has 0 amide bonds. The average molecular weight is 324 g/mol. The van der Waals surface area contributed by atoms with Crippen molar-refractivity contribution in [3.8, 4) is 0 Å². The van der Waals surface area contributed by atoms with E-state index in [9.17, 15) is 4.39 Å². The van der Waals surface area contributed by atoms with E-state index in [0.29, 0.717) is 12.5 Å². The molecule has 1 atom stereocenters. The molecule has 24 heavy (non-hydrogen) atoms. The number of hydrogen-bond donors (Lipinski definition) is 2. The normalized spacial score (nSPS) is 18.1. The number of benzene rings is 2. The van der Waals surface area contributed by atoms with Crippen LogP contribution in [0.1, 0.15) is 16.9 Å². The van der Waals surface area contributed by atoms with Crippen molar-refractivity contribution in [1.29, 1.82) is 0 Å². The van der Waals surface area contributed by atoms with Crippen molar-refractivity contribution >= 4 is 11.0 Å². The maximum Gasteiger partial charge on any atom is 0.134 e. The van der Waals surface area contributed by atoms with Gasteiger partial charge in [-0.3, -0.25) is 0 Å². The molecule has 1 aromatic heterocycles. The van der Waals surface area contributed by atoms with Crippen molar-refractivity contribution in [3.05, 3.63) is 71.2 Å². The standard InChI is InChI=1S/C20H21FN2O/c21-15-7-5-14(6-8-15)11-20-18(12-16-13-22-9-10-23-16)17-3-1-2-4-19(17)24-20/h1-8,16,22-23H,9-13H2. The summed E-state index contributed by atoms with van der Waals surface area (Å²) in [5, 5.41) is 8.19. The Kier molecular flexibility index (Phi) is 4.32. The monoisotopic (exact) mass is 324 g/mol. The van der Waals surface area contributed by atoms with Gasteiger partial charge >= 0.3 is 0 Å². The maximum absolute atomic E-state index is 13.1. The number of rotatable bonds is 4. The molecular weight excluding hydrogens is 303 g/mol. The highest BCUT2D eigenvalue weighted by molar-refractivity contribution is 5.82. The first-order valence-corrected chi connectivity index (χ1v) is 8.47. The molecule has 0 aliphatic carbocycles. The number of furan rings is 1. The van der Waals surface area contributed by atoms with Gasteiger partial charge in [-0.25, -0.2) is 4.39 Å². The van der Waals surface area contributed by atoms with E-state index < -0.39 is 0 Å². The molecule has 3 nitrogen and oxygen atoms in total. The summed E-state index contributed by atoms with van der Waals surface area (Å²) in [5.41, 5.74) is 3.25.